The number of aromatic nitrogens is 1. The molecule has 0 aliphatic heterocycles. The number of halogens is 2. The van der Waals surface area contributed by atoms with Gasteiger partial charge in [0.1, 0.15) is 5.75 Å². The summed E-state index contributed by atoms with van der Waals surface area (Å²) in [7, 11) is 1.67. The third-order valence-electron chi connectivity index (χ3n) is 3.52. The zero-order chi connectivity index (χ0) is 15.6. The van der Waals surface area contributed by atoms with Gasteiger partial charge < -0.3 is 10.5 Å². The van der Waals surface area contributed by atoms with Crippen LogP contribution in [0.25, 0.3) is 0 Å². The molecule has 0 amide bonds. The van der Waals surface area contributed by atoms with E-state index in [1.165, 1.54) is 0 Å². The maximum Gasteiger partial charge on any atom is 0.128 e. The number of nitrogens with zero attached hydrogens (tertiary/aromatic N) is 1. The lowest BCUT2D eigenvalue weighted by molar-refractivity contribution is 0.406. The Morgan fingerprint density at radius 2 is 2.10 bits per heavy atom. The summed E-state index contributed by atoms with van der Waals surface area (Å²) in [6.45, 7) is 3.98. The summed E-state index contributed by atoms with van der Waals surface area (Å²) in [5.41, 5.74) is 10.2. The van der Waals surface area contributed by atoms with E-state index in [0.29, 0.717) is 11.4 Å². The summed E-state index contributed by atoms with van der Waals surface area (Å²) in [5.74, 6) is 0.868. The first-order chi connectivity index (χ1) is 9.93. The van der Waals surface area contributed by atoms with Crippen molar-refractivity contribution >= 4 is 27.5 Å². The number of aryl methyl sites for hydroxylation is 1. The van der Waals surface area contributed by atoms with Crippen molar-refractivity contribution < 1.29 is 4.74 Å². The normalized spacial score (nSPS) is 12.3. The summed E-state index contributed by atoms with van der Waals surface area (Å²) in [5, 5.41) is 0.669. The first-order valence-corrected chi connectivity index (χ1v) is 7.80. The van der Waals surface area contributed by atoms with Crippen LogP contribution in [0.1, 0.15) is 28.4 Å². The van der Waals surface area contributed by atoms with Gasteiger partial charge in [0.15, 0.2) is 0 Å². The van der Waals surface area contributed by atoms with Gasteiger partial charge >= 0.3 is 0 Å². The summed E-state index contributed by atoms with van der Waals surface area (Å²) in [4.78, 5) is 4.49. The summed E-state index contributed by atoms with van der Waals surface area (Å²) in [6.07, 6.45) is 2.43. The first-order valence-electron chi connectivity index (χ1n) is 6.63. The van der Waals surface area contributed by atoms with Gasteiger partial charge in [-0.2, -0.15) is 0 Å². The van der Waals surface area contributed by atoms with Crippen LogP contribution in [-0.2, 0) is 6.42 Å². The SMILES string of the molecule is COc1c(C)cnc(CC(N)c2cc(Br)ccc2Cl)c1C. The molecule has 5 heteroatoms. The summed E-state index contributed by atoms with van der Waals surface area (Å²) >= 11 is 9.68. The van der Waals surface area contributed by atoms with Crippen molar-refractivity contribution in [3.05, 3.63) is 56.3 Å². The molecule has 112 valence electrons. The molecule has 2 aromatic rings. The average Bonchev–Trinajstić information content (AvgIpc) is 2.45. The largest absolute Gasteiger partial charge is 0.496 e. The molecule has 21 heavy (non-hydrogen) atoms. The van der Waals surface area contributed by atoms with Gasteiger partial charge in [0.2, 0.25) is 0 Å². The highest BCUT2D eigenvalue weighted by atomic mass is 79.9. The molecule has 0 radical (unpaired) electrons. The number of hydrogen-bond acceptors (Lipinski definition) is 3. The molecular formula is C16H18BrClN2O. The number of benzene rings is 1. The maximum absolute atomic E-state index is 6.31. The van der Waals surface area contributed by atoms with E-state index in [9.17, 15) is 0 Å². The van der Waals surface area contributed by atoms with E-state index >= 15 is 0 Å². The van der Waals surface area contributed by atoms with Gasteiger partial charge in [-0.3, -0.25) is 4.98 Å². The average molecular weight is 370 g/mol. The van der Waals surface area contributed by atoms with Gasteiger partial charge in [-0.15, -0.1) is 0 Å². The standard InChI is InChI=1S/C16H18BrClN2O/c1-9-8-20-15(10(2)16(9)21-3)7-14(19)12-6-11(17)4-5-13(12)18/h4-6,8,14H,7,19H2,1-3H3. The third-order valence-corrected chi connectivity index (χ3v) is 4.36. The van der Waals surface area contributed by atoms with Crippen molar-refractivity contribution in [2.45, 2.75) is 26.3 Å². The number of rotatable bonds is 4. The topological polar surface area (TPSA) is 48.1 Å². The van der Waals surface area contributed by atoms with Gasteiger partial charge in [-0.25, -0.2) is 0 Å². The van der Waals surface area contributed by atoms with Gasteiger partial charge in [-0.1, -0.05) is 27.5 Å². The maximum atomic E-state index is 6.31. The number of nitrogens with two attached hydrogens (primary N) is 1. The number of ether oxygens (including phenoxy) is 1. The zero-order valence-corrected chi connectivity index (χ0v) is 14.6. The van der Waals surface area contributed by atoms with Crippen LogP contribution in [0.5, 0.6) is 5.75 Å². The highest BCUT2D eigenvalue weighted by Gasteiger charge is 2.16. The van der Waals surface area contributed by atoms with Crippen LogP contribution in [0.4, 0.5) is 0 Å². The Labute approximate surface area is 138 Å². The van der Waals surface area contributed by atoms with Crippen molar-refractivity contribution in [3.63, 3.8) is 0 Å². The highest BCUT2D eigenvalue weighted by molar-refractivity contribution is 9.10. The molecule has 0 saturated carbocycles. The molecule has 1 atom stereocenters. The Kier molecular flexibility index (Phi) is 5.25. The number of hydrogen-bond donors (Lipinski definition) is 1. The zero-order valence-electron chi connectivity index (χ0n) is 12.3. The number of pyridine rings is 1. The second kappa shape index (κ2) is 6.77. The van der Waals surface area contributed by atoms with Crippen molar-refractivity contribution in [2.24, 2.45) is 5.73 Å². The van der Waals surface area contributed by atoms with E-state index in [4.69, 9.17) is 22.1 Å². The molecule has 0 bridgehead atoms. The quantitative estimate of drug-likeness (QED) is 0.870. The first kappa shape index (κ1) is 16.3. The second-order valence-electron chi connectivity index (χ2n) is 5.02. The lowest BCUT2D eigenvalue weighted by Crippen LogP contribution is -2.16. The predicted octanol–water partition coefficient (Wildman–Crippen LogP) is 4.37. The van der Waals surface area contributed by atoms with Gasteiger partial charge in [0.05, 0.1) is 7.11 Å². The van der Waals surface area contributed by atoms with Crippen LogP contribution in [0, 0.1) is 13.8 Å². The molecule has 0 spiro atoms. The van der Waals surface area contributed by atoms with Crippen LogP contribution in [-0.4, -0.2) is 12.1 Å². The lowest BCUT2D eigenvalue weighted by atomic mass is 9.99. The molecule has 0 fully saturated rings. The molecule has 0 aliphatic carbocycles. The minimum atomic E-state index is -0.214. The van der Waals surface area contributed by atoms with Gasteiger partial charge in [-0.05, 0) is 37.6 Å². The van der Waals surface area contributed by atoms with E-state index < -0.39 is 0 Å². The van der Waals surface area contributed by atoms with Crippen LogP contribution < -0.4 is 10.5 Å². The Morgan fingerprint density at radius 1 is 1.38 bits per heavy atom. The second-order valence-corrected chi connectivity index (χ2v) is 6.35. The monoisotopic (exact) mass is 368 g/mol. The van der Waals surface area contributed by atoms with Crippen molar-refractivity contribution in [1.29, 1.82) is 0 Å². The molecule has 0 aliphatic rings. The Balaban J connectivity index is 2.32. The van der Waals surface area contributed by atoms with Gasteiger partial charge in [0.25, 0.3) is 0 Å². The molecular weight excluding hydrogens is 352 g/mol. The van der Waals surface area contributed by atoms with Crippen LogP contribution in [0.3, 0.4) is 0 Å². The predicted molar refractivity (Wildman–Crippen MR) is 90.0 cm³/mol. The summed E-state index contributed by atoms with van der Waals surface area (Å²) < 4.78 is 6.39. The Hall–Kier alpha value is -1.10. The fraction of sp³-hybridized carbons (Fsp3) is 0.312. The molecule has 1 heterocycles. The van der Waals surface area contributed by atoms with E-state index in [0.717, 1.165) is 32.6 Å². The van der Waals surface area contributed by atoms with Crippen molar-refractivity contribution in [3.8, 4) is 5.75 Å². The molecule has 1 aromatic carbocycles. The minimum Gasteiger partial charge on any atom is -0.496 e. The molecule has 1 unspecified atom stereocenters. The number of methoxy groups -OCH3 is 1. The molecule has 2 N–H and O–H groups in total. The molecule has 3 nitrogen and oxygen atoms in total. The van der Waals surface area contributed by atoms with E-state index in [1.54, 1.807) is 7.11 Å². The van der Waals surface area contributed by atoms with E-state index in [2.05, 4.69) is 20.9 Å². The van der Waals surface area contributed by atoms with Gasteiger partial charge in [0, 0.05) is 45.0 Å². The van der Waals surface area contributed by atoms with E-state index in [-0.39, 0.29) is 6.04 Å². The van der Waals surface area contributed by atoms with Crippen LogP contribution in [0.2, 0.25) is 5.02 Å². The Morgan fingerprint density at radius 3 is 2.76 bits per heavy atom. The van der Waals surface area contributed by atoms with E-state index in [1.807, 2.05) is 38.2 Å². The van der Waals surface area contributed by atoms with Crippen molar-refractivity contribution in [1.82, 2.24) is 4.98 Å². The lowest BCUT2D eigenvalue weighted by Gasteiger charge is -2.17. The Bertz CT molecular complexity index is 661. The molecule has 0 saturated heterocycles. The molecule has 2 rings (SSSR count). The van der Waals surface area contributed by atoms with Crippen LogP contribution in [0.15, 0.2) is 28.9 Å². The fourth-order valence-corrected chi connectivity index (χ4v) is 3.03. The smallest absolute Gasteiger partial charge is 0.128 e. The minimum absolute atomic E-state index is 0.214. The summed E-state index contributed by atoms with van der Waals surface area (Å²) in [6, 6.07) is 5.48. The third kappa shape index (κ3) is 3.57. The molecule has 1 aromatic heterocycles. The van der Waals surface area contributed by atoms with Crippen LogP contribution >= 0.6 is 27.5 Å². The van der Waals surface area contributed by atoms with Crippen molar-refractivity contribution in [2.75, 3.05) is 7.11 Å². The fourth-order valence-electron chi connectivity index (χ4n) is 2.39. The highest BCUT2D eigenvalue weighted by Crippen LogP contribution is 2.30.